The highest BCUT2D eigenvalue weighted by Gasteiger charge is 2.20. The molecule has 0 radical (unpaired) electrons. The number of benzene rings is 2. The predicted molar refractivity (Wildman–Crippen MR) is 90.5 cm³/mol. The third kappa shape index (κ3) is 2.95. The van der Waals surface area contributed by atoms with Gasteiger partial charge in [0, 0.05) is 23.7 Å². The van der Waals surface area contributed by atoms with E-state index in [0.717, 1.165) is 22.9 Å². The standard InChI is InChI=1S/C18H13ClF2N2O/c1-2-23(12-7-8-14(20)15(21)10-12)18(24)16-9-11-5-3-4-6-13(11)17(19)22-16/h3-10H,2H2,1H3. The Kier molecular flexibility index (Phi) is 4.44. The first-order chi connectivity index (χ1) is 11.5. The van der Waals surface area contributed by atoms with Gasteiger partial charge in [0.2, 0.25) is 0 Å². The maximum absolute atomic E-state index is 13.5. The Hall–Kier alpha value is -2.53. The molecule has 3 aromatic rings. The fraction of sp³-hybridized carbons (Fsp3) is 0.111. The number of aromatic nitrogens is 1. The molecule has 24 heavy (non-hydrogen) atoms. The van der Waals surface area contributed by atoms with Crippen molar-refractivity contribution in [2.24, 2.45) is 0 Å². The molecule has 6 heteroatoms. The highest BCUT2D eigenvalue weighted by Crippen LogP contribution is 2.25. The second-order valence-electron chi connectivity index (χ2n) is 5.17. The highest BCUT2D eigenvalue weighted by molar-refractivity contribution is 6.34. The Morgan fingerprint density at radius 2 is 1.88 bits per heavy atom. The summed E-state index contributed by atoms with van der Waals surface area (Å²) in [6, 6.07) is 12.3. The summed E-state index contributed by atoms with van der Waals surface area (Å²) in [7, 11) is 0. The van der Waals surface area contributed by atoms with Gasteiger partial charge < -0.3 is 4.90 Å². The number of nitrogens with zero attached hydrogens (tertiary/aromatic N) is 2. The van der Waals surface area contributed by atoms with Crippen molar-refractivity contribution >= 4 is 34.0 Å². The Labute approximate surface area is 142 Å². The van der Waals surface area contributed by atoms with Crippen LogP contribution in [0.3, 0.4) is 0 Å². The van der Waals surface area contributed by atoms with E-state index in [1.54, 1.807) is 13.0 Å². The second-order valence-corrected chi connectivity index (χ2v) is 5.53. The van der Waals surface area contributed by atoms with Crippen LogP contribution >= 0.6 is 11.6 Å². The molecule has 3 rings (SSSR count). The Bertz CT molecular complexity index is 930. The molecule has 0 fully saturated rings. The Morgan fingerprint density at radius 3 is 2.58 bits per heavy atom. The first kappa shape index (κ1) is 16.3. The molecule has 0 atom stereocenters. The Balaban J connectivity index is 2.04. The quantitative estimate of drug-likeness (QED) is 0.636. The van der Waals surface area contributed by atoms with Crippen LogP contribution in [0.5, 0.6) is 0 Å². The van der Waals surface area contributed by atoms with Gasteiger partial charge in [0.1, 0.15) is 10.8 Å². The minimum absolute atomic E-state index is 0.144. The number of pyridine rings is 1. The summed E-state index contributed by atoms with van der Waals surface area (Å²) in [4.78, 5) is 18.2. The van der Waals surface area contributed by atoms with E-state index in [2.05, 4.69) is 4.98 Å². The lowest BCUT2D eigenvalue weighted by molar-refractivity contribution is 0.0983. The average Bonchev–Trinajstić information content (AvgIpc) is 2.58. The Morgan fingerprint density at radius 1 is 1.12 bits per heavy atom. The molecule has 1 aromatic heterocycles. The zero-order valence-corrected chi connectivity index (χ0v) is 13.5. The van der Waals surface area contributed by atoms with Crippen LogP contribution in [0, 0.1) is 11.6 Å². The van der Waals surface area contributed by atoms with Crippen LogP contribution in [0.4, 0.5) is 14.5 Å². The molecule has 2 aromatic carbocycles. The van der Waals surface area contributed by atoms with Crippen molar-refractivity contribution < 1.29 is 13.6 Å². The molecule has 0 aliphatic carbocycles. The molecule has 0 N–H and O–H groups in total. The van der Waals surface area contributed by atoms with E-state index in [1.807, 2.05) is 24.3 Å². The van der Waals surface area contributed by atoms with Crippen LogP contribution in [-0.2, 0) is 0 Å². The molecule has 3 nitrogen and oxygen atoms in total. The molecule has 0 aliphatic rings. The fourth-order valence-corrected chi connectivity index (χ4v) is 2.76. The van der Waals surface area contributed by atoms with E-state index in [0.29, 0.717) is 0 Å². The van der Waals surface area contributed by atoms with Crippen LogP contribution in [0.2, 0.25) is 5.15 Å². The molecule has 0 saturated heterocycles. The van der Waals surface area contributed by atoms with Crippen molar-refractivity contribution in [1.82, 2.24) is 4.98 Å². The minimum atomic E-state index is -1.01. The van der Waals surface area contributed by atoms with Crippen LogP contribution in [-0.4, -0.2) is 17.4 Å². The molecule has 0 aliphatic heterocycles. The summed E-state index contributed by atoms with van der Waals surface area (Å²) in [5.74, 6) is -2.41. The topological polar surface area (TPSA) is 33.2 Å². The lowest BCUT2D eigenvalue weighted by Crippen LogP contribution is -2.31. The normalized spacial score (nSPS) is 10.8. The van der Waals surface area contributed by atoms with Gasteiger partial charge in [-0.05, 0) is 30.5 Å². The number of hydrogen-bond acceptors (Lipinski definition) is 2. The lowest BCUT2D eigenvalue weighted by Gasteiger charge is -2.21. The fourth-order valence-electron chi connectivity index (χ4n) is 2.50. The molecule has 1 heterocycles. The van der Waals surface area contributed by atoms with Crippen LogP contribution < -0.4 is 4.90 Å². The minimum Gasteiger partial charge on any atom is -0.307 e. The molecule has 122 valence electrons. The SMILES string of the molecule is CCN(C(=O)c1cc2ccccc2c(Cl)n1)c1ccc(F)c(F)c1. The molecule has 1 amide bonds. The van der Waals surface area contributed by atoms with Gasteiger partial charge in [-0.25, -0.2) is 13.8 Å². The predicted octanol–water partition coefficient (Wildman–Crippen LogP) is 4.83. The zero-order chi connectivity index (χ0) is 17.3. The zero-order valence-electron chi connectivity index (χ0n) is 12.8. The molecule has 0 bridgehead atoms. The second kappa shape index (κ2) is 6.53. The van der Waals surface area contributed by atoms with Gasteiger partial charge in [-0.2, -0.15) is 0 Å². The van der Waals surface area contributed by atoms with Gasteiger partial charge in [0.05, 0.1) is 0 Å². The van der Waals surface area contributed by atoms with Gasteiger partial charge in [0.15, 0.2) is 11.6 Å². The molecule has 0 unspecified atom stereocenters. The number of carbonyl (C=O) groups excluding carboxylic acids is 1. The van der Waals surface area contributed by atoms with Crippen molar-refractivity contribution in [2.75, 3.05) is 11.4 Å². The number of hydrogen-bond donors (Lipinski definition) is 0. The van der Waals surface area contributed by atoms with Crippen molar-refractivity contribution in [3.8, 4) is 0 Å². The number of anilines is 1. The van der Waals surface area contributed by atoms with Crippen LogP contribution in [0.1, 0.15) is 17.4 Å². The summed E-state index contributed by atoms with van der Waals surface area (Å²) >= 11 is 6.15. The first-order valence-corrected chi connectivity index (χ1v) is 7.71. The lowest BCUT2D eigenvalue weighted by atomic mass is 10.1. The monoisotopic (exact) mass is 346 g/mol. The van der Waals surface area contributed by atoms with Gasteiger partial charge in [-0.15, -0.1) is 0 Å². The summed E-state index contributed by atoms with van der Waals surface area (Å²) in [6.07, 6.45) is 0. The molecule has 0 saturated carbocycles. The van der Waals surface area contributed by atoms with Crippen LogP contribution in [0.15, 0.2) is 48.5 Å². The molecular weight excluding hydrogens is 334 g/mol. The van der Waals surface area contributed by atoms with Crippen LogP contribution in [0.25, 0.3) is 10.8 Å². The van der Waals surface area contributed by atoms with Crippen molar-refractivity contribution in [3.05, 3.63) is 71.0 Å². The summed E-state index contributed by atoms with van der Waals surface area (Å²) in [5, 5.41) is 1.74. The smallest absolute Gasteiger partial charge is 0.276 e. The third-order valence-electron chi connectivity index (χ3n) is 3.69. The van der Waals surface area contributed by atoms with E-state index in [4.69, 9.17) is 11.6 Å². The van der Waals surface area contributed by atoms with E-state index >= 15 is 0 Å². The first-order valence-electron chi connectivity index (χ1n) is 7.33. The largest absolute Gasteiger partial charge is 0.307 e. The van der Waals surface area contributed by atoms with Crippen molar-refractivity contribution in [3.63, 3.8) is 0 Å². The summed E-state index contributed by atoms with van der Waals surface area (Å²) in [5.41, 5.74) is 0.401. The number of amides is 1. The molecular formula is C18H13ClF2N2O. The number of fused-ring (bicyclic) bond motifs is 1. The van der Waals surface area contributed by atoms with Gasteiger partial charge in [-0.3, -0.25) is 4.79 Å². The van der Waals surface area contributed by atoms with Crippen molar-refractivity contribution in [1.29, 1.82) is 0 Å². The summed E-state index contributed by atoms with van der Waals surface area (Å²) < 4.78 is 26.6. The van der Waals surface area contributed by atoms with Gasteiger partial charge in [0.25, 0.3) is 5.91 Å². The van der Waals surface area contributed by atoms with Gasteiger partial charge >= 0.3 is 0 Å². The molecule has 0 spiro atoms. The third-order valence-corrected chi connectivity index (χ3v) is 3.98. The average molecular weight is 347 g/mol. The van der Waals surface area contributed by atoms with Gasteiger partial charge in [-0.1, -0.05) is 35.9 Å². The van der Waals surface area contributed by atoms with E-state index in [-0.39, 0.29) is 23.1 Å². The maximum Gasteiger partial charge on any atom is 0.276 e. The maximum atomic E-state index is 13.5. The van der Waals surface area contributed by atoms with E-state index < -0.39 is 17.5 Å². The number of halogens is 3. The summed E-state index contributed by atoms with van der Waals surface area (Å²) in [6.45, 7) is 2.01. The number of rotatable bonds is 3. The number of carbonyl (C=O) groups is 1. The van der Waals surface area contributed by atoms with E-state index in [1.165, 1.54) is 11.0 Å². The van der Waals surface area contributed by atoms with Crippen molar-refractivity contribution in [2.45, 2.75) is 6.92 Å². The highest BCUT2D eigenvalue weighted by atomic mass is 35.5. The van der Waals surface area contributed by atoms with E-state index in [9.17, 15) is 13.6 Å².